The zero-order valence-corrected chi connectivity index (χ0v) is 16.8. The third-order valence-corrected chi connectivity index (χ3v) is 5.38. The number of imidazole rings is 1. The highest BCUT2D eigenvalue weighted by Gasteiger charge is 2.31. The molecule has 2 fully saturated rings. The van der Waals surface area contributed by atoms with Crippen molar-refractivity contribution in [3.05, 3.63) is 53.6 Å². The molecule has 0 saturated carbocycles. The van der Waals surface area contributed by atoms with E-state index in [0.29, 0.717) is 31.6 Å². The number of likely N-dealkylation sites (tertiary alicyclic amines) is 1. The van der Waals surface area contributed by atoms with E-state index in [9.17, 15) is 9.59 Å². The van der Waals surface area contributed by atoms with Crippen LogP contribution in [0, 0.1) is 0 Å². The lowest BCUT2D eigenvalue weighted by atomic mass is 10.1. The molecule has 0 spiro atoms. The molecule has 2 amide bonds. The number of benzene rings is 1. The van der Waals surface area contributed by atoms with E-state index in [4.69, 9.17) is 0 Å². The first kappa shape index (κ1) is 20.4. The SMILES string of the molecule is Cl.Cn1ccnc1C1CNCCN1C(=O)c1cccc(CN2CCCC2=O)c1. The van der Waals surface area contributed by atoms with Crippen molar-refractivity contribution in [2.75, 3.05) is 26.2 Å². The Kier molecular flexibility index (Phi) is 6.36. The number of piperazine rings is 1. The van der Waals surface area contributed by atoms with E-state index in [-0.39, 0.29) is 30.3 Å². The summed E-state index contributed by atoms with van der Waals surface area (Å²) in [5, 5.41) is 3.36. The van der Waals surface area contributed by atoms with Crippen molar-refractivity contribution in [1.29, 1.82) is 0 Å². The molecule has 0 aliphatic carbocycles. The second-order valence-electron chi connectivity index (χ2n) is 7.23. The quantitative estimate of drug-likeness (QED) is 0.844. The maximum Gasteiger partial charge on any atom is 0.254 e. The van der Waals surface area contributed by atoms with Gasteiger partial charge in [-0.25, -0.2) is 4.98 Å². The third kappa shape index (κ3) is 4.05. The number of halogens is 1. The first-order valence-electron chi connectivity index (χ1n) is 9.49. The van der Waals surface area contributed by atoms with Gasteiger partial charge in [0.25, 0.3) is 5.91 Å². The fraction of sp³-hybridized carbons (Fsp3) is 0.450. The maximum absolute atomic E-state index is 13.3. The highest BCUT2D eigenvalue weighted by Crippen LogP contribution is 2.23. The number of nitrogens with one attached hydrogen (secondary N) is 1. The van der Waals surface area contributed by atoms with E-state index in [1.54, 1.807) is 6.20 Å². The molecule has 3 heterocycles. The van der Waals surface area contributed by atoms with Crippen LogP contribution in [0.4, 0.5) is 0 Å². The molecule has 1 N–H and O–H groups in total. The Bertz CT molecular complexity index is 853. The van der Waals surface area contributed by atoms with E-state index < -0.39 is 0 Å². The van der Waals surface area contributed by atoms with E-state index in [0.717, 1.165) is 30.9 Å². The second-order valence-corrected chi connectivity index (χ2v) is 7.23. The highest BCUT2D eigenvalue weighted by molar-refractivity contribution is 5.94. The lowest BCUT2D eigenvalue weighted by Gasteiger charge is -2.36. The van der Waals surface area contributed by atoms with Crippen molar-refractivity contribution >= 4 is 24.2 Å². The standard InChI is InChI=1S/C20H25N5O2.ClH/c1-23-10-8-22-19(23)17-13-21-7-11-25(17)20(27)16-5-2-4-15(12-16)14-24-9-3-6-18(24)26;/h2,4-5,8,10,12,17,21H,3,6-7,9,11,13-14H2,1H3;1H. The average Bonchev–Trinajstić information content (AvgIpc) is 3.29. The molecule has 1 unspecified atom stereocenters. The maximum atomic E-state index is 13.3. The molecule has 8 heteroatoms. The summed E-state index contributed by atoms with van der Waals surface area (Å²) < 4.78 is 1.97. The largest absolute Gasteiger partial charge is 0.338 e. The molecule has 0 bridgehead atoms. The monoisotopic (exact) mass is 403 g/mol. The molecule has 2 aromatic rings. The van der Waals surface area contributed by atoms with Gasteiger partial charge in [-0.05, 0) is 24.1 Å². The van der Waals surface area contributed by atoms with E-state index in [1.807, 2.05) is 51.9 Å². The lowest BCUT2D eigenvalue weighted by Crippen LogP contribution is -2.49. The summed E-state index contributed by atoms with van der Waals surface area (Å²) in [4.78, 5) is 33.3. The van der Waals surface area contributed by atoms with Crippen molar-refractivity contribution < 1.29 is 9.59 Å². The molecule has 1 aromatic heterocycles. The van der Waals surface area contributed by atoms with Gasteiger partial charge in [-0.1, -0.05) is 12.1 Å². The Morgan fingerprint density at radius 3 is 2.89 bits per heavy atom. The molecule has 150 valence electrons. The predicted molar refractivity (Wildman–Crippen MR) is 108 cm³/mol. The Morgan fingerprint density at radius 1 is 1.32 bits per heavy atom. The molecule has 1 atom stereocenters. The van der Waals surface area contributed by atoms with Crippen LogP contribution in [0.25, 0.3) is 0 Å². The van der Waals surface area contributed by atoms with Crippen LogP contribution in [-0.2, 0) is 18.4 Å². The minimum atomic E-state index is -0.0879. The molecule has 2 aliphatic rings. The van der Waals surface area contributed by atoms with Gasteiger partial charge >= 0.3 is 0 Å². The van der Waals surface area contributed by atoms with Crippen LogP contribution in [-0.4, -0.2) is 57.3 Å². The number of rotatable bonds is 4. The molecular formula is C20H26ClN5O2. The molecule has 28 heavy (non-hydrogen) atoms. The highest BCUT2D eigenvalue weighted by atomic mass is 35.5. The number of carbonyl (C=O) groups excluding carboxylic acids is 2. The molecule has 7 nitrogen and oxygen atoms in total. The summed E-state index contributed by atoms with van der Waals surface area (Å²) in [6.07, 6.45) is 5.22. The Morgan fingerprint density at radius 2 is 2.18 bits per heavy atom. The van der Waals surface area contributed by atoms with Crippen LogP contribution in [0.1, 0.15) is 40.6 Å². The smallest absolute Gasteiger partial charge is 0.254 e. The zero-order valence-electron chi connectivity index (χ0n) is 16.0. The molecule has 0 radical (unpaired) electrons. The minimum absolute atomic E-state index is 0. The van der Waals surface area contributed by atoms with Crippen molar-refractivity contribution in [2.24, 2.45) is 7.05 Å². The molecule has 2 saturated heterocycles. The van der Waals surface area contributed by atoms with Gasteiger partial charge in [0.2, 0.25) is 5.91 Å². The number of amides is 2. The van der Waals surface area contributed by atoms with Gasteiger partial charge in [0.1, 0.15) is 11.9 Å². The average molecular weight is 404 g/mol. The predicted octanol–water partition coefficient (Wildman–Crippen LogP) is 1.75. The van der Waals surface area contributed by atoms with Gasteiger partial charge < -0.3 is 19.7 Å². The Hall–Kier alpha value is -2.38. The Balaban J connectivity index is 0.00000225. The molecular weight excluding hydrogens is 378 g/mol. The van der Waals surface area contributed by atoms with Gasteiger partial charge in [0.15, 0.2) is 0 Å². The molecule has 4 rings (SSSR count). The molecule has 1 aromatic carbocycles. The normalized spacial score (nSPS) is 19.6. The van der Waals surface area contributed by atoms with Gasteiger partial charge in [-0.15, -0.1) is 12.4 Å². The van der Waals surface area contributed by atoms with Crippen LogP contribution in [0.5, 0.6) is 0 Å². The summed E-state index contributed by atoms with van der Waals surface area (Å²) >= 11 is 0. The lowest BCUT2D eigenvalue weighted by molar-refractivity contribution is -0.128. The fourth-order valence-electron chi connectivity index (χ4n) is 3.94. The van der Waals surface area contributed by atoms with Gasteiger partial charge in [0.05, 0.1) is 0 Å². The number of hydrogen-bond donors (Lipinski definition) is 1. The van der Waals surface area contributed by atoms with E-state index in [1.165, 1.54) is 0 Å². The minimum Gasteiger partial charge on any atom is -0.338 e. The second kappa shape index (κ2) is 8.75. The summed E-state index contributed by atoms with van der Waals surface area (Å²) in [7, 11) is 1.95. The van der Waals surface area contributed by atoms with Gasteiger partial charge in [-0.3, -0.25) is 9.59 Å². The first-order valence-corrected chi connectivity index (χ1v) is 9.49. The van der Waals surface area contributed by atoms with Crippen LogP contribution in [0.2, 0.25) is 0 Å². The van der Waals surface area contributed by atoms with E-state index in [2.05, 4.69) is 10.3 Å². The molecule has 2 aliphatic heterocycles. The van der Waals surface area contributed by atoms with Crippen molar-refractivity contribution in [3.8, 4) is 0 Å². The summed E-state index contributed by atoms with van der Waals surface area (Å²) in [5.74, 6) is 1.09. The van der Waals surface area contributed by atoms with Crippen LogP contribution in [0.15, 0.2) is 36.7 Å². The van der Waals surface area contributed by atoms with Gasteiger partial charge in [-0.2, -0.15) is 0 Å². The van der Waals surface area contributed by atoms with Crippen molar-refractivity contribution in [3.63, 3.8) is 0 Å². The number of aromatic nitrogens is 2. The van der Waals surface area contributed by atoms with E-state index >= 15 is 0 Å². The van der Waals surface area contributed by atoms with Crippen molar-refractivity contribution in [2.45, 2.75) is 25.4 Å². The summed E-state index contributed by atoms with van der Waals surface area (Å²) in [6.45, 7) is 3.48. The van der Waals surface area contributed by atoms with Crippen molar-refractivity contribution in [1.82, 2.24) is 24.7 Å². The summed E-state index contributed by atoms with van der Waals surface area (Å²) in [6, 6.07) is 7.58. The summed E-state index contributed by atoms with van der Waals surface area (Å²) in [5.41, 5.74) is 1.67. The topological polar surface area (TPSA) is 70.5 Å². The van der Waals surface area contributed by atoms with Crippen LogP contribution < -0.4 is 5.32 Å². The Labute approximate surface area is 171 Å². The van der Waals surface area contributed by atoms with Gasteiger partial charge in [0, 0.05) is 64.1 Å². The number of nitrogens with zero attached hydrogens (tertiary/aromatic N) is 4. The fourth-order valence-corrected chi connectivity index (χ4v) is 3.94. The zero-order chi connectivity index (χ0) is 18.8. The first-order chi connectivity index (χ1) is 13.1. The number of carbonyl (C=O) groups is 2. The number of aryl methyl sites for hydroxylation is 1. The third-order valence-electron chi connectivity index (χ3n) is 5.38. The van der Waals surface area contributed by atoms with Crippen LogP contribution in [0.3, 0.4) is 0 Å². The van der Waals surface area contributed by atoms with Crippen LogP contribution >= 0.6 is 12.4 Å². The number of hydrogen-bond acceptors (Lipinski definition) is 4.